The number of carboxylic acids is 1. The van der Waals surface area contributed by atoms with Gasteiger partial charge in [0, 0.05) is 72.0 Å². The highest BCUT2D eigenvalue weighted by atomic mass is 35.5. The van der Waals surface area contributed by atoms with E-state index in [1.165, 1.54) is 0 Å². The Balaban J connectivity index is 1.25. The molecule has 3 aromatic carbocycles. The molecule has 0 aliphatic carbocycles. The van der Waals surface area contributed by atoms with Gasteiger partial charge in [0.05, 0.1) is 34.0 Å². The lowest BCUT2D eigenvalue weighted by Gasteiger charge is -2.34. The average Bonchev–Trinajstić information content (AvgIpc) is 3.79. The lowest BCUT2D eigenvalue weighted by atomic mass is 9.98. The molecule has 0 bridgehead atoms. The maximum Gasteiger partial charge on any atom is 0.352 e. The second-order valence-corrected chi connectivity index (χ2v) is 16.3. The zero-order valence-electron chi connectivity index (χ0n) is 32.7. The van der Waals surface area contributed by atoms with E-state index < -0.39 is 5.97 Å². The first-order chi connectivity index (χ1) is 26.8. The minimum absolute atomic E-state index is 0.137. The first kappa shape index (κ1) is 38.1. The topological polar surface area (TPSA) is 104 Å². The predicted octanol–water partition coefficient (Wildman–Crippen LogP) is 9.89. The number of benzene rings is 3. The normalized spacial score (nSPS) is 16.3. The van der Waals surface area contributed by atoms with Crippen LogP contribution in [0.2, 0.25) is 10.0 Å². The highest BCUT2D eigenvalue weighted by Gasteiger charge is 2.38. The molecule has 3 aromatic heterocycles. The molecule has 0 saturated carbocycles. The maximum absolute atomic E-state index is 15.2. The number of aryl methyl sites for hydroxylation is 5. The van der Waals surface area contributed by atoms with Crippen LogP contribution in [0.15, 0.2) is 48.5 Å². The van der Waals surface area contributed by atoms with Crippen LogP contribution in [0.5, 0.6) is 5.75 Å². The molecule has 1 atom stereocenters. The number of nitrogens with zero attached hydrogens (tertiary/aromatic N) is 5. The molecular weight excluding hydrogens is 749 g/mol. The van der Waals surface area contributed by atoms with Crippen molar-refractivity contribution in [3.8, 4) is 16.9 Å². The minimum Gasteiger partial charge on any atom is -0.494 e. The molecule has 5 heterocycles. The number of hydrogen-bond donors (Lipinski definition) is 1. The zero-order chi connectivity index (χ0) is 39.6. The summed E-state index contributed by atoms with van der Waals surface area (Å²) in [6, 6.07) is 15.3. The smallest absolute Gasteiger partial charge is 0.352 e. The highest BCUT2D eigenvalue weighted by Crippen LogP contribution is 2.46. The van der Waals surface area contributed by atoms with Gasteiger partial charge in [0.25, 0.3) is 5.91 Å². The Hall–Kier alpha value is -4.77. The van der Waals surface area contributed by atoms with Crippen LogP contribution in [-0.4, -0.2) is 62.3 Å². The Morgan fingerprint density at radius 2 is 1.73 bits per heavy atom. The van der Waals surface area contributed by atoms with Crippen molar-refractivity contribution in [2.24, 2.45) is 13.0 Å². The van der Waals surface area contributed by atoms with Gasteiger partial charge >= 0.3 is 5.97 Å². The fourth-order valence-corrected chi connectivity index (χ4v) is 9.36. The number of rotatable bonds is 10. The molecule has 6 aromatic rings. The number of halogens is 2. The van der Waals surface area contributed by atoms with Crippen LogP contribution in [-0.2, 0) is 24.8 Å². The van der Waals surface area contributed by atoms with Crippen LogP contribution in [0.3, 0.4) is 0 Å². The highest BCUT2D eigenvalue weighted by molar-refractivity contribution is 6.35. The molecule has 2 aliphatic heterocycles. The van der Waals surface area contributed by atoms with Crippen LogP contribution < -0.4 is 9.64 Å². The van der Waals surface area contributed by atoms with Crippen molar-refractivity contribution in [1.29, 1.82) is 0 Å². The van der Waals surface area contributed by atoms with E-state index in [2.05, 4.69) is 11.5 Å². The molecule has 10 nitrogen and oxygen atoms in total. The molecule has 1 N–H and O–H groups in total. The Labute approximate surface area is 336 Å². The Morgan fingerprint density at radius 3 is 2.41 bits per heavy atom. The van der Waals surface area contributed by atoms with Gasteiger partial charge in [-0.3, -0.25) is 9.48 Å². The summed E-state index contributed by atoms with van der Waals surface area (Å²) >= 11 is 13.6. The molecule has 0 spiro atoms. The number of carbonyl (C=O) groups is 2. The van der Waals surface area contributed by atoms with Crippen LogP contribution in [0, 0.1) is 33.6 Å². The number of anilines is 1. The first-order valence-corrected chi connectivity index (χ1v) is 20.1. The monoisotopic (exact) mass is 795 g/mol. The summed E-state index contributed by atoms with van der Waals surface area (Å²) < 4.78 is 17.8. The molecule has 0 radical (unpaired) electrons. The van der Waals surface area contributed by atoms with Crippen molar-refractivity contribution in [3.63, 3.8) is 0 Å². The molecule has 8 rings (SSSR count). The molecule has 12 heteroatoms. The van der Waals surface area contributed by atoms with Crippen molar-refractivity contribution in [2.45, 2.75) is 72.9 Å². The van der Waals surface area contributed by atoms with Gasteiger partial charge in [-0.2, -0.15) is 5.10 Å². The summed E-state index contributed by atoms with van der Waals surface area (Å²) in [6.07, 6.45) is 2.99. The molecule has 56 heavy (non-hydrogen) atoms. The molecule has 292 valence electrons. The third kappa shape index (κ3) is 6.45. The molecular formula is C44H47Cl2N5O5. The summed E-state index contributed by atoms with van der Waals surface area (Å²) in [5.74, 6) is -0.0574. The van der Waals surface area contributed by atoms with Crippen molar-refractivity contribution in [2.75, 3.05) is 31.3 Å². The number of ether oxygens (including phenoxy) is 2. The second kappa shape index (κ2) is 15.0. The van der Waals surface area contributed by atoms with Crippen molar-refractivity contribution in [1.82, 2.24) is 18.9 Å². The Kier molecular flexibility index (Phi) is 10.2. The van der Waals surface area contributed by atoms with Gasteiger partial charge in [0.1, 0.15) is 17.1 Å². The number of carbonyl (C=O) groups excluding carboxylic acids is 1. The number of aromatic carboxylic acids is 1. The van der Waals surface area contributed by atoms with Crippen molar-refractivity contribution in [3.05, 3.63) is 98.0 Å². The minimum atomic E-state index is -0.989. The van der Waals surface area contributed by atoms with E-state index in [1.807, 2.05) is 91.4 Å². The van der Waals surface area contributed by atoms with E-state index >= 15 is 4.79 Å². The van der Waals surface area contributed by atoms with Gasteiger partial charge in [0.2, 0.25) is 0 Å². The van der Waals surface area contributed by atoms with E-state index in [4.69, 9.17) is 37.8 Å². The van der Waals surface area contributed by atoms with Crippen molar-refractivity contribution < 1.29 is 24.2 Å². The quantitative estimate of drug-likeness (QED) is 0.139. The average molecular weight is 797 g/mol. The molecule has 1 saturated heterocycles. The molecule has 2 aliphatic rings. The number of aromatic nitrogens is 4. The maximum atomic E-state index is 15.2. The van der Waals surface area contributed by atoms with Crippen LogP contribution >= 0.6 is 23.2 Å². The Morgan fingerprint density at radius 1 is 1.00 bits per heavy atom. The van der Waals surface area contributed by atoms with E-state index in [-0.39, 0.29) is 17.6 Å². The largest absolute Gasteiger partial charge is 0.494 e. The second-order valence-electron chi connectivity index (χ2n) is 15.5. The van der Waals surface area contributed by atoms with Gasteiger partial charge in [-0.25, -0.2) is 4.79 Å². The standard InChI is InChI=1S/C44H47Cl2N5O5/c1-24-19-30(20-25(2)40(24)46)56-16-8-9-31-32-12-13-34(45)39(38-27(4)47-48(6)28(38)5)41(32)51-26(3)22-50(43(52)42(31)51)36-11-7-10-35-33(36)21-37(44(53)54)49(35)23-29-14-17-55-18-15-29/h7,10-13,19-21,26,29H,8-9,14-18,22-23H2,1-6H3,(H,53,54). The third-order valence-electron chi connectivity index (χ3n) is 11.8. The molecule has 1 amide bonds. The first-order valence-electron chi connectivity index (χ1n) is 19.4. The summed E-state index contributed by atoms with van der Waals surface area (Å²) in [4.78, 5) is 29.8. The number of amides is 1. The van der Waals surface area contributed by atoms with Crippen LogP contribution in [0.1, 0.15) is 81.3 Å². The molecule has 1 unspecified atom stereocenters. The van der Waals surface area contributed by atoms with Gasteiger partial charge < -0.3 is 28.6 Å². The van der Waals surface area contributed by atoms with E-state index in [9.17, 15) is 9.90 Å². The van der Waals surface area contributed by atoms with Gasteiger partial charge in [-0.05, 0) is 119 Å². The lowest BCUT2D eigenvalue weighted by Crippen LogP contribution is -2.42. The van der Waals surface area contributed by atoms with Crippen LogP contribution in [0.25, 0.3) is 32.9 Å². The number of fused-ring (bicyclic) bond motifs is 4. The zero-order valence-corrected chi connectivity index (χ0v) is 34.2. The summed E-state index contributed by atoms with van der Waals surface area (Å²) in [7, 11) is 1.93. The van der Waals surface area contributed by atoms with Crippen LogP contribution in [0.4, 0.5) is 5.69 Å². The van der Waals surface area contributed by atoms with E-state index in [0.717, 1.165) is 84.6 Å². The Bertz CT molecular complexity index is 2520. The van der Waals surface area contributed by atoms with Gasteiger partial charge in [-0.1, -0.05) is 35.3 Å². The predicted molar refractivity (Wildman–Crippen MR) is 222 cm³/mol. The van der Waals surface area contributed by atoms with E-state index in [0.29, 0.717) is 68.1 Å². The fourth-order valence-electron chi connectivity index (χ4n) is 9.00. The molecule has 1 fully saturated rings. The summed E-state index contributed by atoms with van der Waals surface area (Å²) in [5, 5.41) is 18.2. The SMILES string of the molecule is Cc1cc(OCCCc2c3n(c4c(-c5c(C)nn(C)c5C)c(Cl)ccc24)C(C)CN(c2cccc4c2cc(C(=O)O)n4CC2CCOCC2)C3=O)cc(C)c1Cl. The van der Waals surface area contributed by atoms with Crippen molar-refractivity contribution >= 4 is 62.6 Å². The van der Waals surface area contributed by atoms with E-state index in [1.54, 1.807) is 6.07 Å². The number of carboxylic acid groups (broad SMARTS) is 1. The third-order valence-corrected chi connectivity index (χ3v) is 12.7. The summed E-state index contributed by atoms with van der Waals surface area (Å²) in [6.45, 7) is 12.9. The lowest BCUT2D eigenvalue weighted by molar-refractivity contribution is 0.0597. The number of hydrogen-bond acceptors (Lipinski definition) is 5. The fraction of sp³-hybridized carbons (Fsp3) is 0.386. The van der Waals surface area contributed by atoms with Gasteiger partial charge in [0.15, 0.2) is 0 Å². The van der Waals surface area contributed by atoms with Gasteiger partial charge in [-0.15, -0.1) is 0 Å². The summed E-state index contributed by atoms with van der Waals surface area (Å²) in [5.41, 5.74) is 9.79.